The first-order valence-corrected chi connectivity index (χ1v) is 8.74. The summed E-state index contributed by atoms with van der Waals surface area (Å²) in [5.41, 5.74) is 1.45. The van der Waals surface area contributed by atoms with Gasteiger partial charge in [-0.2, -0.15) is 0 Å². The maximum absolute atomic E-state index is 13.3. The third-order valence-corrected chi connectivity index (χ3v) is 4.99. The van der Waals surface area contributed by atoms with Crippen molar-refractivity contribution >= 4 is 28.9 Å². The Bertz CT molecular complexity index is 986. The van der Waals surface area contributed by atoms with Crippen LogP contribution in [0.5, 0.6) is 0 Å². The molecular weight excluding hydrogens is 346 g/mol. The molecule has 0 saturated carbocycles. The first kappa shape index (κ1) is 16.6. The molecule has 1 N–H and O–H groups in total. The first-order valence-electron chi connectivity index (χ1n) is 8.36. The van der Waals surface area contributed by atoms with Gasteiger partial charge in [-0.1, -0.05) is 72.3 Å². The van der Waals surface area contributed by atoms with Gasteiger partial charge < -0.3 is 5.32 Å². The molecule has 0 spiro atoms. The fourth-order valence-corrected chi connectivity index (χ4v) is 3.63. The van der Waals surface area contributed by atoms with Crippen molar-refractivity contribution in [3.05, 3.63) is 101 Å². The second-order valence-electron chi connectivity index (χ2n) is 6.38. The van der Waals surface area contributed by atoms with E-state index in [0.29, 0.717) is 21.8 Å². The molecule has 1 aliphatic heterocycles. The van der Waals surface area contributed by atoms with E-state index in [1.54, 1.807) is 30.3 Å². The highest BCUT2D eigenvalue weighted by molar-refractivity contribution is 6.31. The second-order valence-corrected chi connectivity index (χ2v) is 6.82. The minimum absolute atomic E-state index is 0.0339. The van der Waals surface area contributed by atoms with E-state index >= 15 is 0 Å². The number of hydrogen-bond acceptors (Lipinski definition) is 3. The van der Waals surface area contributed by atoms with Crippen LogP contribution >= 0.6 is 11.6 Å². The molecule has 3 aromatic carbocycles. The van der Waals surface area contributed by atoms with E-state index in [0.717, 1.165) is 5.56 Å². The molecule has 1 unspecified atom stereocenters. The van der Waals surface area contributed by atoms with Gasteiger partial charge in [-0.25, -0.2) is 0 Å². The van der Waals surface area contributed by atoms with Crippen LogP contribution in [0, 0.1) is 0 Å². The number of halogens is 1. The summed E-state index contributed by atoms with van der Waals surface area (Å²) < 4.78 is 0. The number of ketones is 2. The lowest BCUT2D eigenvalue weighted by atomic mass is 9.80. The van der Waals surface area contributed by atoms with E-state index in [2.05, 4.69) is 5.32 Å². The predicted octanol–water partition coefficient (Wildman–Crippen LogP) is 5.12. The molecule has 1 heterocycles. The first-order chi connectivity index (χ1) is 12.6. The minimum atomic E-state index is -1.12. The Balaban J connectivity index is 1.80. The van der Waals surface area contributed by atoms with Crippen LogP contribution in [0.2, 0.25) is 5.02 Å². The monoisotopic (exact) mass is 361 g/mol. The lowest BCUT2D eigenvalue weighted by molar-refractivity contribution is 0.0846. The average Bonchev–Trinajstić information content (AvgIpc) is 2.95. The summed E-state index contributed by atoms with van der Waals surface area (Å²) in [6.45, 7) is 0. The number of Topliss-reactive ketones (excluding diaryl/α,β-unsaturated/α-hetero) is 2. The molecule has 0 radical (unpaired) electrons. The Kier molecular flexibility index (Phi) is 4.09. The third kappa shape index (κ3) is 2.71. The van der Waals surface area contributed by atoms with Crippen LogP contribution in [0.25, 0.3) is 0 Å². The number of nitrogens with one attached hydrogen (secondary N) is 1. The van der Waals surface area contributed by atoms with Gasteiger partial charge in [0.05, 0.1) is 0 Å². The SMILES string of the molecule is O=C(CC1(c2ccccc2)Nc2cc(Cl)ccc2C1=O)c1ccccc1. The highest BCUT2D eigenvalue weighted by Crippen LogP contribution is 2.43. The molecule has 4 heteroatoms. The van der Waals surface area contributed by atoms with Crippen LogP contribution in [0.1, 0.15) is 32.7 Å². The van der Waals surface area contributed by atoms with Crippen molar-refractivity contribution in [1.82, 2.24) is 0 Å². The summed E-state index contributed by atoms with van der Waals surface area (Å²) in [7, 11) is 0. The van der Waals surface area contributed by atoms with E-state index in [4.69, 9.17) is 11.6 Å². The van der Waals surface area contributed by atoms with Crippen molar-refractivity contribution in [2.24, 2.45) is 0 Å². The second kappa shape index (κ2) is 6.43. The van der Waals surface area contributed by atoms with Gasteiger partial charge in [-0.05, 0) is 23.8 Å². The van der Waals surface area contributed by atoms with Crippen molar-refractivity contribution in [2.75, 3.05) is 5.32 Å². The van der Waals surface area contributed by atoms with Gasteiger partial charge in [0.15, 0.2) is 11.6 Å². The summed E-state index contributed by atoms with van der Waals surface area (Å²) in [5.74, 6) is -0.200. The fourth-order valence-electron chi connectivity index (χ4n) is 3.45. The number of carbonyl (C=O) groups is 2. The van der Waals surface area contributed by atoms with Crippen LogP contribution in [0.15, 0.2) is 78.9 Å². The van der Waals surface area contributed by atoms with Gasteiger partial charge in [0, 0.05) is 28.3 Å². The molecule has 1 atom stereocenters. The topological polar surface area (TPSA) is 46.2 Å². The number of hydrogen-bond donors (Lipinski definition) is 1. The number of carbonyl (C=O) groups excluding carboxylic acids is 2. The zero-order valence-electron chi connectivity index (χ0n) is 13.9. The molecule has 0 saturated heterocycles. The summed E-state index contributed by atoms with van der Waals surface area (Å²) in [4.78, 5) is 26.3. The molecule has 26 heavy (non-hydrogen) atoms. The maximum atomic E-state index is 13.3. The average molecular weight is 362 g/mol. The normalized spacial score (nSPS) is 18.3. The summed E-state index contributed by atoms with van der Waals surface area (Å²) in [5, 5.41) is 3.84. The van der Waals surface area contributed by atoms with Crippen molar-refractivity contribution in [3.63, 3.8) is 0 Å². The summed E-state index contributed by atoms with van der Waals surface area (Å²) >= 11 is 6.09. The Morgan fingerprint density at radius 2 is 1.58 bits per heavy atom. The van der Waals surface area contributed by atoms with Crippen LogP contribution in [0.4, 0.5) is 5.69 Å². The molecule has 128 valence electrons. The largest absolute Gasteiger partial charge is 0.368 e. The minimum Gasteiger partial charge on any atom is -0.368 e. The van der Waals surface area contributed by atoms with Crippen LogP contribution < -0.4 is 5.32 Å². The molecule has 4 rings (SSSR count). The van der Waals surface area contributed by atoms with Crippen LogP contribution in [0.3, 0.4) is 0 Å². The zero-order valence-corrected chi connectivity index (χ0v) is 14.7. The third-order valence-electron chi connectivity index (χ3n) is 4.75. The summed E-state index contributed by atoms with van der Waals surface area (Å²) in [6.07, 6.45) is 0.0339. The van der Waals surface area contributed by atoms with Crippen LogP contribution in [-0.4, -0.2) is 11.6 Å². The van der Waals surface area contributed by atoms with E-state index in [1.807, 2.05) is 48.5 Å². The van der Waals surface area contributed by atoms with E-state index < -0.39 is 5.54 Å². The molecule has 3 nitrogen and oxygen atoms in total. The van der Waals surface area contributed by atoms with Gasteiger partial charge in [-0.3, -0.25) is 9.59 Å². The van der Waals surface area contributed by atoms with E-state index in [-0.39, 0.29) is 18.0 Å². The molecule has 0 aliphatic carbocycles. The highest BCUT2D eigenvalue weighted by atomic mass is 35.5. The Labute approximate surface area is 156 Å². The fraction of sp³-hybridized carbons (Fsp3) is 0.0909. The lowest BCUT2D eigenvalue weighted by Crippen LogP contribution is -2.40. The quantitative estimate of drug-likeness (QED) is 0.656. The Morgan fingerprint density at radius 3 is 2.27 bits per heavy atom. The van der Waals surface area contributed by atoms with Crippen molar-refractivity contribution in [3.8, 4) is 0 Å². The van der Waals surface area contributed by atoms with Crippen molar-refractivity contribution < 1.29 is 9.59 Å². The number of rotatable bonds is 4. The standard InChI is InChI=1S/C22H16ClNO2/c23-17-11-12-18-19(13-17)24-22(21(18)26,16-9-5-2-6-10-16)14-20(25)15-7-3-1-4-8-15/h1-13,24H,14H2. The van der Waals surface area contributed by atoms with Gasteiger partial charge in [0.25, 0.3) is 0 Å². The van der Waals surface area contributed by atoms with Gasteiger partial charge in [0.2, 0.25) is 0 Å². The number of benzene rings is 3. The molecule has 1 aliphatic rings. The predicted molar refractivity (Wildman–Crippen MR) is 103 cm³/mol. The molecule has 0 amide bonds. The highest BCUT2D eigenvalue weighted by Gasteiger charge is 2.48. The lowest BCUT2D eigenvalue weighted by Gasteiger charge is -2.28. The van der Waals surface area contributed by atoms with E-state index in [9.17, 15) is 9.59 Å². The number of fused-ring (bicyclic) bond motifs is 1. The molecule has 0 aromatic heterocycles. The molecule has 3 aromatic rings. The van der Waals surface area contributed by atoms with Crippen LogP contribution in [-0.2, 0) is 5.54 Å². The van der Waals surface area contributed by atoms with Gasteiger partial charge in [-0.15, -0.1) is 0 Å². The Morgan fingerprint density at radius 1 is 0.923 bits per heavy atom. The Hall–Kier alpha value is -2.91. The van der Waals surface area contributed by atoms with Gasteiger partial charge in [0.1, 0.15) is 5.54 Å². The summed E-state index contributed by atoms with van der Waals surface area (Å²) in [6, 6.07) is 23.5. The van der Waals surface area contributed by atoms with E-state index in [1.165, 1.54) is 0 Å². The maximum Gasteiger partial charge on any atom is 0.195 e. The van der Waals surface area contributed by atoms with Crippen molar-refractivity contribution in [1.29, 1.82) is 0 Å². The van der Waals surface area contributed by atoms with Gasteiger partial charge >= 0.3 is 0 Å². The molecule has 0 fully saturated rings. The molecule has 0 bridgehead atoms. The number of anilines is 1. The van der Waals surface area contributed by atoms with Crippen molar-refractivity contribution in [2.45, 2.75) is 12.0 Å². The molecular formula is C22H16ClNO2. The zero-order chi connectivity index (χ0) is 18.1. The smallest absolute Gasteiger partial charge is 0.195 e.